The summed E-state index contributed by atoms with van der Waals surface area (Å²) in [6, 6.07) is 22.2. The maximum absolute atomic E-state index is 11.7. The largest absolute Gasteiger partial charge is 0.480 e. The summed E-state index contributed by atoms with van der Waals surface area (Å²) >= 11 is 0. The molecule has 0 aliphatic heterocycles. The molecular weight excluding hydrogens is 300 g/mol. The van der Waals surface area contributed by atoms with Crippen LogP contribution in [0.3, 0.4) is 0 Å². The first-order valence-electron chi connectivity index (χ1n) is 7.75. The third kappa shape index (κ3) is 3.86. The Balaban J connectivity index is 1.82. The van der Waals surface area contributed by atoms with Crippen LogP contribution in [0.25, 0.3) is 11.3 Å². The molecule has 0 radical (unpaired) electrons. The van der Waals surface area contributed by atoms with E-state index in [0.29, 0.717) is 12.1 Å². The molecule has 0 spiro atoms. The number of aromatic nitrogens is 1. The van der Waals surface area contributed by atoms with Gasteiger partial charge in [-0.3, -0.25) is 15.1 Å². The minimum Gasteiger partial charge on any atom is -0.480 e. The second-order valence-electron chi connectivity index (χ2n) is 5.48. The zero-order chi connectivity index (χ0) is 16.8. The number of aliphatic carboxylic acids is 1. The van der Waals surface area contributed by atoms with Crippen LogP contribution >= 0.6 is 0 Å². The van der Waals surface area contributed by atoms with Gasteiger partial charge in [-0.2, -0.15) is 0 Å². The van der Waals surface area contributed by atoms with Crippen molar-refractivity contribution < 1.29 is 9.90 Å². The molecule has 0 aliphatic carbocycles. The summed E-state index contributed by atoms with van der Waals surface area (Å²) in [5.41, 5.74) is 3.48. The van der Waals surface area contributed by atoms with Gasteiger partial charge in [-0.15, -0.1) is 0 Å². The van der Waals surface area contributed by atoms with E-state index in [9.17, 15) is 9.90 Å². The smallest absolute Gasteiger partial charge is 0.325 e. The van der Waals surface area contributed by atoms with E-state index in [1.54, 1.807) is 6.20 Å². The molecule has 24 heavy (non-hydrogen) atoms. The Bertz CT molecular complexity index is 804. The van der Waals surface area contributed by atoms with Gasteiger partial charge in [0, 0.05) is 18.3 Å². The highest BCUT2D eigenvalue weighted by molar-refractivity contribution is 5.76. The molecular formula is C20H18N2O2. The molecule has 0 aliphatic rings. The van der Waals surface area contributed by atoms with Crippen molar-refractivity contribution in [3.05, 3.63) is 90.1 Å². The number of pyridine rings is 1. The van der Waals surface area contributed by atoms with Crippen molar-refractivity contribution in [2.45, 2.75) is 12.6 Å². The SMILES string of the molecule is O=C(O)C(NCc1ccccc1)c1cccc(-c2ccccn2)c1. The molecule has 1 unspecified atom stereocenters. The second-order valence-corrected chi connectivity index (χ2v) is 5.48. The lowest BCUT2D eigenvalue weighted by Crippen LogP contribution is -2.28. The van der Waals surface area contributed by atoms with Gasteiger partial charge >= 0.3 is 5.97 Å². The standard InChI is InChI=1S/C20H18N2O2/c23-20(24)19(22-14-15-7-2-1-3-8-15)17-10-6-9-16(13-17)18-11-4-5-12-21-18/h1-13,19,22H,14H2,(H,23,24). The fourth-order valence-electron chi connectivity index (χ4n) is 2.57. The van der Waals surface area contributed by atoms with Gasteiger partial charge in [0.1, 0.15) is 6.04 Å². The fraction of sp³-hybridized carbons (Fsp3) is 0.100. The maximum Gasteiger partial charge on any atom is 0.325 e. The Morgan fingerprint density at radius 3 is 2.50 bits per heavy atom. The second kappa shape index (κ2) is 7.53. The highest BCUT2D eigenvalue weighted by Gasteiger charge is 2.19. The molecule has 4 heteroatoms. The molecule has 0 amide bonds. The minimum atomic E-state index is -0.899. The van der Waals surface area contributed by atoms with E-state index < -0.39 is 12.0 Å². The summed E-state index contributed by atoms with van der Waals surface area (Å²) < 4.78 is 0. The van der Waals surface area contributed by atoms with Crippen LogP contribution in [-0.4, -0.2) is 16.1 Å². The average molecular weight is 318 g/mol. The normalized spacial score (nSPS) is 11.8. The van der Waals surface area contributed by atoms with E-state index in [1.807, 2.05) is 72.8 Å². The van der Waals surface area contributed by atoms with Crippen LogP contribution in [0.2, 0.25) is 0 Å². The predicted molar refractivity (Wildman–Crippen MR) is 93.3 cm³/mol. The first-order chi connectivity index (χ1) is 11.7. The zero-order valence-corrected chi connectivity index (χ0v) is 13.1. The molecule has 3 aromatic rings. The van der Waals surface area contributed by atoms with E-state index in [-0.39, 0.29) is 0 Å². The van der Waals surface area contributed by atoms with Crippen LogP contribution in [0, 0.1) is 0 Å². The first kappa shape index (κ1) is 15.9. The lowest BCUT2D eigenvalue weighted by Gasteiger charge is -2.16. The lowest BCUT2D eigenvalue weighted by molar-refractivity contribution is -0.139. The van der Waals surface area contributed by atoms with Crippen molar-refractivity contribution in [1.82, 2.24) is 10.3 Å². The van der Waals surface area contributed by atoms with Crippen LogP contribution < -0.4 is 5.32 Å². The molecule has 3 rings (SSSR count). The van der Waals surface area contributed by atoms with Crippen molar-refractivity contribution in [3.8, 4) is 11.3 Å². The van der Waals surface area contributed by atoms with Crippen LogP contribution in [-0.2, 0) is 11.3 Å². The van der Waals surface area contributed by atoms with Gasteiger partial charge in [0.05, 0.1) is 5.69 Å². The van der Waals surface area contributed by atoms with Gasteiger partial charge in [0.15, 0.2) is 0 Å². The van der Waals surface area contributed by atoms with Gasteiger partial charge in [-0.05, 0) is 29.3 Å². The number of nitrogens with one attached hydrogen (secondary N) is 1. The molecule has 2 aromatic carbocycles. The topological polar surface area (TPSA) is 62.2 Å². The summed E-state index contributed by atoms with van der Waals surface area (Å²) in [5.74, 6) is -0.899. The third-order valence-electron chi connectivity index (χ3n) is 3.78. The Kier molecular flexibility index (Phi) is 4.99. The number of hydrogen-bond acceptors (Lipinski definition) is 3. The van der Waals surface area contributed by atoms with E-state index in [0.717, 1.165) is 16.8 Å². The van der Waals surface area contributed by atoms with Gasteiger partial charge in [0.2, 0.25) is 0 Å². The zero-order valence-electron chi connectivity index (χ0n) is 13.1. The molecule has 0 saturated heterocycles. The van der Waals surface area contributed by atoms with Gasteiger partial charge < -0.3 is 5.11 Å². The number of carboxylic acid groups (broad SMARTS) is 1. The molecule has 4 nitrogen and oxygen atoms in total. The number of carboxylic acids is 1. The number of rotatable bonds is 6. The summed E-state index contributed by atoms with van der Waals surface area (Å²) in [6.07, 6.45) is 1.73. The Labute approximate surface area is 140 Å². The van der Waals surface area contributed by atoms with E-state index in [4.69, 9.17) is 0 Å². The van der Waals surface area contributed by atoms with Crippen LogP contribution in [0.1, 0.15) is 17.2 Å². The molecule has 0 saturated carbocycles. The monoisotopic (exact) mass is 318 g/mol. The fourth-order valence-corrected chi connectivity index (χ4v) is 2.57. The van der Waals surface area contributed by atoms with Crippen molar-refractivity contribution in [2.75, 3.05) is 0 Å². The van der Waals surface area contributed by atoms with Crippen LogP contribution in [0.5, 0.6) is 0 Å². The average Bonchev–Trinajstić information content (AvgIpc) is 2.63. The van der Waals surface area contributed by atoms with E-state index >= 15 is 0 Å². The van der Waals surface area contributed by atoms with Gasteiger partial charge in [-0.1, -0.05) is 54.6 Å². The number of hydrogen-bond donors (Lipinski definition) is 2. The van der Waals surface area contributed by atoms with E-state index in [1.165, 1.54) is 0 Å². The molecule has 1 heterocycles. The quantitative estimate of drug-likeness (QED) is 0.728. The Morgan fingerprint density at radius 1 is 1.00 bits per heavy atom. The predicted octanol–water partition coefficient (Wildman–Crippen LogP) is 3.66. The minimum absolute atomic E-state index is 0.492. The van der Waals surface area contributed by atoms with Gasteiger partial charge in [-0.25, -0.2) is 0 Å². The summed E-state index contributed by atoms with van der Waals surface area (Å²) in [4.78, 5) is 16.0. The summed E-state index contributed by atoms with van der Waals surface area (Å²) in [7, 11) is 0. The molecule has 1 atom stereocenters. The van der Waals surface area contributed by atoms with Crippen molar-refractivity contribution in [2.24, 2.45) is 0 Å². The highest BCUT2D eigenvalue weighted by atomic mass is 16.4. The molecule has 2 N–H and O–H groups in total. The summed E-state index contributed by atoms with van der Waals surface area (Å²) in [5, 5.41) is 12.7. The number of benzene rings is 2. The molecule has 0 fully saturated rings. The van der Waals surface area contributed by atoms with Crippen molar-refractivity contribution in [3.63, 3.8) is 0 Å². The number of nitrogens with zero attached hydrogens (tertiary/aromatic N) is 1. The first-order valence-corrected chi connectivity index (χ1v) is 7.75. The maximum atomic E-state index is 11.7. The van der Waals surface area contributed by atoms with E-state index in [2.05, 4.69) is 10.3 Å². The van der Waals surface area contributed by atoms with Crippen molar-refractivity contribution in [1.29, 1.82) is 0 Å². The Hall–Kier alpha value is -2.98. The van der Waals surface area contributed by atoms with Crippen LogP contribution in [0.15, 0.2) is 79.0 Å². The Morgan fingerprint density at radius 2 is 1.79 bits per heavy atom. The highest BCUT2D eigenvalue weighted by Crippen LogP contribution is 2.22. The van der Waals surface area contributed by atoms with Gasteiger partial charge in [0.25, 0.3) is 0 Å². The third-order valence-corrected chi connectivity index (χ3v) is 3.78. The molecule has 1 aromatic heterocycles. The molecule has 120 valence electrons. The van der Waals surface area contributed by atoms with Crippen LogP contribution in [0.4, 0.5) is 0 Å². The molecule has 0 bridgehead atoms. The number of carbonyl (C=O) groups is 1. The van der Waals surface area contributed by atoms with Crippen molar-refractivity contribution >= 4 is 5.97 Å². The summed E-state index contributed by atoms with van der Waals surface area (Å²) in [6.45, 7) is 0.492. The lowest BCUT2D eigenvalue weighted by atomic mass is 10.0.